The summed E-state index contributed by atoms with van der Waals surface area (Å²) in [4.78, 5) is 19.5. The van der Waals surface area contributed by atoms with Gasteiger partial charge in [-0.1, -0.05) is 0 Å². The van der Waals surface area contributed by atoms with Gasteiger partial charge in [-0.15, -0.1) is 0 Å². The normalized spacial score (nSPS) is 7.56. The fourth-order valence-corrected chi connectivity index (χ4v) is 0.198. The van der Waals surface area contributed by atoms with E-state index in [9.17, 15) is 9.59 Å². The summed E-state index contributed by atoms with van der Waals surface area (Å²) in [6, 6.07) is 0. The Bertz CT molecular complexity index is 185. The average Bonchev–Trinajstić information content (AvgIpc) is 1.64. The maximum atomic E-state index is 9.77. The van der Waals surface area contributed by atoms with Gasteiger partial charge in [0.2, 0.25) is 5.57 Å². The van der Waals surface area contributed by atoms with Crippen molar-refractivity contribution in [1.29, 1.82) is 5.41 Å². The second kappa shape index (κ2) is 2.64. The topological polar surface area (TPSA) is 98.5 Å². The van der Waals surface area contributed by atoms with Crippen molar-refractivity contribution in [2.75, 3.05) is 0 Å². The van der Waals surface area contributed by atoms with Gasteiger partial charge in [0.05, 0.1) is 0 Å². The van der Waals surface area contributed by atoms with E-state index in [0.29, 0.717) is 0 Å². The molecule has 5 nitrogen and oxygen atoms in total. The summed E-state index contributed by atoms with van der Waals surface area (Å²) in [5, 5.41) is 22.1. The molecule has 0 saturated carbocycles. The molecule has 0 aliphatic carbocycles. The lowest BCUT2D eigenvalue weighted by Crippen LogP contribution is -2.11. The number of carbonyl (C=O) groups is 2. The molecule has 0 aromatic rings. The maximum absolute atomic E-state index is 9.77. The SMILES string of the molecule is N=C=C(C(=O)O)C(=O)O. The van der Waals surface area contributed by atoms with Crippen molar-refractivity contribution in [3.63, 3.8) is 0 Å². The van der Waals surface area contributed by atoms with E-state index in [1.54, 1.807) is 0 Å². The van der Waals surface area contributed by atoms with Crippen molar-refractivity contribution < 1.29 is 19.8 Å². The summed E-state index contributed by atoms with van der Waals surface area (Å²) in [5.74, 6) is -2.04. The largest absolute Gasteiger partial charge is 0.477 e. The Kier molecular flexibility index (Phi) is 2.17. The van der Waals surface area contributed by atoms with E-state index in [2.05, 4.69) is 0 Å². The lowest BCUT2D eigenvalue weighted by atomic mass is 10.3. The molecule has 0 atom stereocenters. The Balaban J connectivity index is 4.59. The highest BCUT2D eigenvalue weighted by Crippen LogP contribution is 1.85. The van der Waals surface area contributed by atoms with Crippen LogP contribution < -0.4 is 0 Å². The van der Waals surface area contributed by atoms with Gasteiger partial charge in [0.15, 0.2) is 0 Å². The van der Waals surface area contributed by atoms with Crippen molar-refractivity contribution in [2.24, 2.45) is 0 Å². The molecule has 0 aliphatic rings. The highest BCUT2D eigenvalue weighted by Gasteiger charge is 2.14. The van der Waals surface area contributed by atoms with Gasteiger partial charge in [0, 0.05) is 5.87 Å². The molecule has 0 radical (unpaired) electrons. The van der Waals surface area contributed by atoms with Gasteiger partial charge >= 0.3 is 11.9 Å². The standard InChI is InChI=1S/C4H3NO4/c5-1-2(3(6)7)4(8)9/h5H,(H,6,7)(H,8,9). The first-order chi connectivity index (χ1) is 4.09. The molecule has 0 rings (SSSR count). The molecule has 9 heavy (non-hydrogen) atoms. The first-order valence-corrected chi connectivity index (χ1v) is 1.86. The molecule has 0 aromatic carbocycles. The Morgan fingerprint density at radius 2 is 1.56 bits per heavy atom. The number of rotatable bonds is 2. The Morgan fingerprint density at radius 1 is 1.22 bits per heavy atom. The lowest BCUT2D eigenvalue weighted by molar-refractivity contribution is -0.139. The van der Waals surface area contributed by atoms with E-state index in [0.717, 1.165) is 0 Å². The van der Waals surface area contributed by atoms with E-state index < -0.39 is 17.5 Å². The second-order valence-electron chi connectivity index (χ2n) is 1.11. The third-order valence-electron chi connectivity index (χ3n) is 0.553. The van der Waals surface area contributed by atoms with Crippen LogP contribution in [0.15, 0.2) is 5.57 Å². The second-order valence-corrected chi connectivity index (χ2v) is 1.11. The Morgan fingerprint density at radius 3 is 1.56 bits per heavy atom. The van der Waals surface area contributed by atoms with Gasteiger partial charge in [-0.25, -0.2) is 9.59 Å². The zero-order valence-corrected chi connectivity index (χ0v) is 4.21. The highest BCUT2D eigenvalue weighted by atomic mass is 16.4. The molecule has 0 aliphatic heterocycles. The minimum absolute atomic E-state index is 1.06. The van der Waals surface area contributed by atoms with Crippen LogP contribution >= 0.6 is 0 Å². The van der Waals surface area contributed by atoms with E-state index in [4.69, 9.17) is 15.6 Å². The Hall–Kier alpha value is -1.61. The van der Waals surface area contributed by atoms with Crippen LogP contribution in [0.2, 0.25) is 0 Å². The van der Waals surface area contributed by atoms with Crippen LogP contribution in [0.4, 0.5) is 0 Å². The highest BCUT2D eigenvalue weighted by molar-refractivity contribution is 6.19. The molecule has 0 aromatic heterocycles. The summed E-state index contributed by atoms with van der Waals surface area (Å²) >= 11 is 0. The quantitative estimate of drug-likeness (QED) is 0.199. The smallest absolute Gasteiger partial charge is 0.352 e. The summed E-state index contributed by atoms with van der Waals surface area (Å²) in [5.41, 5.74) is -1.06. The molecule has 0 amide bonds. The van der Waals surface area contributed by atoms with Gasteiger partial charge in [0.1, 0.15) is 0 Å². The molecule has 48 valence electrons. The summed E-state index contributed by atoms with van der Waals surface area (Å²) in [6.45, 7) is 0. The predicted octanol–water partition coefficient (Wildman–Crippen LogP) is -0.670. The fraction of sp³-hybridized carbons (Fsp3) is 0. The molecule has 0 fully saturated rings. The summed E-state index contributed by atoms with van der Waals surface area (Å²) < 4.78 is 0. The van der Waals surface area contributed by atoms with Crippen LogP contribution in [0, 0.1) is 5.41 Å². The average molecular weight is 129 g/mol. The third-order valence-corrected chi connectivity index (χ3v) is 0.553. The van der Waals surface area contributed by atoms with Gasteiger partial charge in [0.25, 0.3) is 0 Å². The van der Waals surface area contributed by atoms with Crippen molar-refractivity contribution in [1.82, 2.24) is 0 Å². The van der Waals surface area contributed by atoms with E-state index in [1.165, 1.54) is 5.87 Å². The predicted molar refractivity (Wildman–Crippen MR) is 26.5 cm³/mol. The maximum Gasteiger partial charge on any atom is 0.352 e. The molecular formula is C4H3NO4. The van der Waals surface area contributed by atoms with Crippen molar-refractivity contribution in [3.05, 3.63) is 5.57 Å². The molecule has 0 spiro atoms. The van der Waals surface area contributed by atoms with Gasteiger partial charge < -0.3 is 10.2 Å². The van der Waals surface area contributed by atoms with E-state index in [1.807, 2.05) is 0 Å². The first kappa shape index (κ1) is 7.39. The number of carboxylic acids is 2. The fourth-order valence-electron chi connectivity index (χ4n) is 0.198. The van der Waals surface area contributed by atoms with Crippen LogP contribution in [0.25, 0.3) is 0 Å². The molecule has 0 unspecified atom stereocenters. The van der Waals surface area contributed by atoms with Crippen LogP contribution in [0.3, 0.4) is 0 Å². The zero-order valence-electron chi connectivity index (χ0n) is 4.21. The molecule has 0 heterocycles. The molecule has 0 saturated heterocycles. The van der Waals surface area contributed by atoms with Gasteiger partial charge in [-0.05, 0) is 0 Å². The molecule has 3 N–H and O–H groups in total. The van der Waals surface area contributed by atoms with Crippen LogP contribution in [-0.2, 0) is 9.59 Å². The number of carboxylic acid groups (broad SMARTS) is 2. The Labute approximate surface area is 49.7 Å². The summed E-state index contributed by atoms with van der Waals surface area (Å²) in [7, 11) is 0. The van der Waals surface area contributed by atoms with Crippen molar-refractivity contribution in [3.8, 4) is 0 Å². The zero-order chi connectivity index (χ0) is 7.44. The van der Waals surface area contributed by atoms with Crippen molar-refractivity contribution >= 4 is 17.8 Å². The van der Waals surface area contributed by atoms with Gasteiger partial charge in [-0.2, -0.15) is 0 Å². The first-order valence-electron chi connectivity index (χ1n) is 1.86. The van der Waals surface area contributed by atoms with Crippen LogP contribution in [0.5, 0.6) is 0 Å². The number of hydrogen-bond acceptors (Lipinski definition) is 3. The van der Waals surface area contributed by atoms with Crippen LogP contribution in [-0.4, -0.2) is 28.0 Å². The van der Waals surface area contributed by atoms with Crippen molar-refractivity contribution in [2.45, 2.75) is 0 Å². The number of hydrogen-bond donors (Lipinski definition) is 3. The van der Waals surface area contributed by atoms with E-state index >= 15 is 0 Å². The minimum Gasteiger partial charge on any atom is -0.477 e. The molecular weight excluding hydrogens is 126 g/mol. The minimum atomic E-state index is -1.66. The van der Waals surface area contributed by atoms with E-state index in [-0.39, 0.29) is 0 Å². The van der Waals surface area contributed by atoms with Crippen LogP contribution in [0.1, 0.15) is 0 Å². The van der Waals surface area contributed by atoms with Gasteiger partial charge in [-0.3, -0.25) is 5.41 Å². The lowest BCUT2D eigenvalue weighted by Gasteiger charge is -1.85. The third kappa shape index (κ3) is 1.75. The summed E-state index contributed by atoms with van der Waals surface area (Å²) in [6.07, 6.45) is 0. The molecule has 5 heteroatoms. The number of nitrogens with one attached hydrogen (secondary N) is 1. The number of aliphatic carboxylic acids is 2. The monoisotopic (exact) mass is 129 g/mol. The molecule has 0 bridgehead atoms.